The van der Waals surface area contributed by atoms with E-state index in [2.05, 4.69) is 0 Å². The fourth-order valence-corrected chi connectivity index (χ4v) is 4.32. The van der Waals surface area contributed by atoms with Gasteiger partial charge in [-0.3, -0.25) is 4.79 Å². The summed E-state index contributed by atoms with van der Waals surface area (Å²) >= 11 is 0. The minimum absolute atomic E-state index is 0.133. The highest BCUT2D eigenvalue weighted by atomic mass is 19.1. The minimum Gasteiger partial charge on any atom is -0.369 e. The fourth-order valence-electron chi connectivity index (χ4n) is 4.32. The van der Waals surface area contributed by atoms with Crippen molar-refractivity contribution in [2.75, 3.05) is 0 Å². The van der Waals surface area contributed by atoms with E-state index in [-0.39, 0.29) is 11.8 Å². The molecule has 2 N–H and O–H groups in total. The average molecular weight is 197 g/mol. The largest absolute Gasteiger partial charge is 0.369 e. The zero-order valence-electron chi connectivity index (χ0n) is 8.21. The van der Waals surface area contributed by atoms with Crippen LogP contribution < -0.4 is 5.73 Å². The number of amides is 1. The number of hydrogen-bond donors (Lipinski definition) is 1. The standard InChI is InChI=1S/C11H16FNO/c12-9-8-2-6-1-7(3-8)5-11(9,4-6)10(13)14/h6-9H,1-5H2,(H2,13,14). The normalized spacial score (nSPS) is 54.9. The van der Waals surface area contributed by atoms with Gasteiger partial charge in [0.05, 0.1) is 5.41 Å². The maximum absolute atomic E-state index is 14.1. The second-order valence-electron chi connectivity index (χ2n) is 5.53. The van der Waals surface area contributed by atoms with E-state index in [9.17, 15) is 9.18 Å². The maximum atomic E-state index is 14.1. The predicted octanol–water partition coefficient (Wildman–Crippen LogP) is 1.64. The number of primary amides is 1. The third kappa shape index (κ3) is 0.882. The molecule has 0 aromatic carbocycles. The van der Waals surface area contributed by atoms with E-state index in [0.717, 1.165) is 25.7 Å². The lowest BCUT2D eigenvalue weighted by Crippen LogP contribution is -2.59. The van der Waals surface area contributed by atoms with Crippen molar-refractivity contribution in [2.45, 2.75) is 38.3 Å². The molecule has 0 aromatic heterocycles. The highest BCUT2D eigenvalue weighted by molar-refractivity contribution is 5.82. The average Bonchev–Trinajstić information content (AvgIpc) is 2.12. The Balaban J connectivity index is 2.01. The first-order chi connectivity index (χ1) is 6.62. The molecule has 0 saturated heterocycles. The molecule has 14 heavy (non-hydrogen) atoms. The number of hydrogen-bond acceptors (Lipinski definition) is 1. The van der Waals surface area contributed by atoms with Gasteiger partial charge in [0.15, 0.2) is 0 Å². The Hall–Kier alpha value is -0.600. The molecule has 0 spiro atoms. The summed E-state index contributed by atoms with van der Waals surface area (Å²) in [5.41, 5.74) is 4.63. The Kier molecular flexibility index (Phi) is 1.55. The van der Waals surface area contributed by atoms with Crippen molar-refractivity contribution >= 4 is 5.91 Å². The molecule has 3 atom stereocenters. The van der Waals surface area contributed by atoms with Crippen molar-refractivity contribution in [3.05, 3.63) is 0 Å². The highest BCUT2D eigenvalue weighted by Crippen LogP contribution is 2.60. The first-order valence-electron chi connectivity index (χ1n) is 5.56. The molecule has 2 nitrogen and oxygen atoms in total. The molecule has 4 bridgehead atoms. The van der Waals surface area contributed by atoms with Crippen LogP contribution >= 0.6 is 0 Å². The van der Waals surface area contributed by atoms with Crippen LogP contribution in [0, 0.1) is 23.2 Å². The summed E-state index contributed by atoms with van der Waals surface area (Å²) in [5, 5.41) is 0. The lowest BCUT2D eigenvalue weighted by Gasteiger charge is -2.56. The van der Waals surface area contributed by atoms with Gasteiger partial charge in [0.2, 0.25) is 5.91 Å². The van der Waals surface area contributed by atoms with Crippen LogP contribution in [0.1, 0.15) is 32.1 Å². The molecule has 0 aromatic rings. The Bertz CT molecular complexity index is 277. The summed E-state index contributed by atoms with van der Waals surface area (Å²) in [7, 11) is 0. The van der Waals surface area contributed by atoms with E-state index in [1.807, 2.05) is 0 Å². The molecule has 0 radical (unpaired) electrons. The number of carbonyl (C=O) groups excluding carboxylic acids is 1. The van der Waals surface area contributed by atoms with Gasteiger partial charge in [0.25, 0.3) is 0 Å². The van der Waals surface area contributed by atoms with Gasteiger partial charge in [0.1, 0.15) is 6.17 Å². The van der Waals surface area contributed by atoms with E-state index in [0.29, 0.717) is 11.8 Å². The molecule has 1 amide bonds. The second-order valence-corrected chi connectivity index (χ2v) is 5.53. The van der Waals surface area contributed by atoms with Gasteiger partial charge in [-0.25, -0.2) is 4.39 Å². The molecular weight excluding hydrogens is 181 g/mol. The number of rotatable bonds is 1. The Labute approximate surface area is 83.0 Å². The zero-order valence-corrected chi connectivity index (χ0v) is 8.21. The van der Waals surface area contributed by atoms with Gasteiger partial charge in [-0.2, -0.15) is 0 Å². The lowest BCUT2D eigenvalue weighted by atomic mass is 9.48. The summed E-state index contributed by atoms with van der Waals surface area (Å²) in [6, 6.07) is 0. The van der Waals surface area contributed by atoms with Gasteiger partial charge in [-0.1, -0.05) is 0 Å². The quantitative estimate of drug-likeness (QED) is 0.682. The summed E-state index contributed by atoms with van der Waals surface area (Å²) < 4.78 is 14.1. The third-order valence-corrected chi connectivity index (χ3v) is 4.68. The molecule has 0 heterocycles. The zero-order chi connectivity index (χ0) is 9.92. The van der Waals surface area contributed by atoms with Crippen LogP contribution in [0.4, 0.5) is 4.39 Å². The summed E-state index contributed by atoms with van der Waals surface area (Å²) in [6.07, 6.45) is 3.68. The van der Waals surface area contributed by atoms with E-state index in [1.165, 1.54) is 6.42 Å². The van der Waals surface area contributed by atoms with Crippen molar-refractivity contribution in [3.8, 4) is 0 Å². The van der Waals surface area contributed by atoms with Crippen LogP contribution in [0.15, 0.2) is 0 Å². The highest BCUT2D eigenvalue weighted by Gasteiger charge is 2.60. The van der Waals surface area contributed by atoms with Crippen LogP contribution in [0.25, 0.3) is 0 Å². The van der Waals surface area contributed by atoms with Crippen molar-refractivity contribution in [1.29, 1.82) is 0 Å². The topological polar surface area (TPSA) is 43.1 Å². The molecule has 78 valence electrons. The second kappa shape index (κ2) is 2.50. The molecule has 3 heteroatoms. The lowest BCUT2D eigenvalue weighted by molar-refractivity contribution is -0.159. The Morgan fingerprint density at radius 3 is 2.29 bits per heavy atom. The van der Waals surface area contributed by atoms with E-state index >= 15 is 0 Å². The number of halogens is 1. The molecule has 4 saturated carbocycles. The van der Waals surface area contributed by atoms with Gasteiger partial charge < -0.3 is 5.73 Å². The van der Waals surface area contributed by atoms with Crippen molar-refractivity contribution in [2.24, 2.45) is 28.9 Å². The number of alkyl halides is 1. The Morgan fingerprint density at radius 2 is 1.79 bits per heavy atom. The first-order valence-corrected chi connectivity index (χ1v) is 5.56. The van der Waals surface area contributed by atoms with Gasteiger partial charge in [-0.05, 0) is 49.9 Å². The molecule has 4 rings (SSSR count). The first kappa shape index (κ1) is 8.69. The van der Waals surface area contributed by atoms with Crippen LogP contribution in [-0.4, -0.2) is 12.1 Å². The Morgan fingerprint density at radius 1 is 1.21 bits per heavy atom. The molecule has 3 unspecified atom stereocenters. The van der Waals surface area contributed by atoms with E-state index in [1.54, 1.807) is 0 Å². The van der Waals surface area contributed by atoms with Crippen LogP contribution in [0.5, 0.6) is 0 Å². The molecule has 4 fully saturated rings. The minimum atomic E-state index is -0.951. The van der Waals surface area contributed by atoms with Crippen molar-refractivity contribution in [3.63, 3.8) is 0 Å². The maximum Gasteiger partial charge on any atom is 0.226 e. The number of carbonyl (C=O) groups is 1. The van der Waals surface area contributed by atoms with Crippen LogP contribution in [0.2, 0.25) is 0 Å². The summed E-state index contributed by atoms with van der Waals surface area (Å²) in [5.74, 6) is 0.900. The fraction of sp³-hybridized carbons (Fsp3) is 0.909. The smallest absolute Gasteiger partial charge is 0.226 e. The third-order valence-electron chi connectivity index (χ3n) is 4.68. The molecule has 0 aliphatic heterocycles. The summed E-state index contributed by atoms with van der Waals surface area (Å²) in [4.78, 5) is 11.4. The van der Waals surface area contributed by atoms with Gasteiger partial charge >= 0.3 is 0 Å². The van der Waals surface area contributed by atoms with Crippen molar-refractivity contribution in [1.82, 2.24) is 0 Å². The molecule has 4 aliphatic rings. The molecular formula is C11H16FNO. The monoisotopic (exact) mass is 197 g/mol. The van der Waals surface area contributed by atoms with Gasteiger partial charge in [-0.15, -0.1) is 0 Å². The van der Waals surface area contributed by atoms with E-state index in [4.69, 9.17) is 5.73 Å². The van der Waals surface area contributed by atoms with E-state index < -0.39 is 11.6 Å². The molecule has 4 aliphatic carbocycles. The van der Waals surface area contributed by atoms with Crippen molar-refractivity contribution < 1.29 is 9.18 Å². The predicted molar refractivity (Wildman–Crippen MR) is 50.1 cm³/mol. The SMILES string of the molecule is NC(=O)C12CC3CC(CC(C3)C1F)C2. The van der Waals surface area contributed by atoms with Crippen LogP contribution in [-0.2, 0) is 4.79 Å². The van der Waals surface area contributed by atoms with Gasteiger partial charge in [0, 0.05) is 0 Å². The summed E-state index contributed by atoms with van der Waals surface area (Å²) in [6.45, 7) is 0. The van der Waals surface area contributed by atoms with Crippen LogP contribution in [0.3, 0.4) is 0 Å². The number of nitrogens with two attached hydrogens (primary N) is 1.